The summed E-state index contributed by atoms with van der Waals surface area (Å²) >= 11 is 0. The van der Waals surface area contributed by atoms with Crippen molar-refractivity contribution in [3.8, 4) is 5.75 Å². The van der Waals surface area contributed by atoms with Gasteiger partial charge in [0.05, 0.1) is 7.11 Å². The highest BCUT2D eigenvalue weighted by atomic mass is 16.5. The van der Waals surface area contributed by atoms with Gasteiger partial charge < -0.3 is 19.1 Å². The summed E-state index contributed by atoms with van der Waals surface area (Å²) in [4.78, 5) is 29.3. The Morgan fingerprint density at radius 2 is 1.69 bits per heavy atom. The van der Waals surface area contributed by atoms with Crippen LogP contribution in [-0.4, -0.2) is 59.5 Å². The Kier molecular flexibility index (Phi) is 5.30. The molecule has 2 heterocycles. The van der Waals surface area contributed by atoms with Crippen molar-refractivity contribution in [2.45, 2.75) is 13.3 Å². The van der Waals surface area contributed by atoms with Crippen molar-refractivity contribution in [3.05, 3.63) is 53.3 Å². The van der Waals surface area contributed by atoms with Crippen LogP contribution in [0.3, 0.4) is 0 Å². The van der Waals surface area contributed by atoms with Crippen LogP contribution in [0.4, 0.5) is 0 Å². The SMILES string of the molecule is COc1ccc(C(=O)N2CCCN(C(=O)c3cccn3C)CC2)c(C)c1. The predicted octanol–water partition coefficient (Wildman–Crippen LogP) is 2.33. The molecule has 2 amide bonds. The van der Waals surface area contributed by atoms with Crippen molar-refractivity contribution in [1.82, 2.24) is 14.4 Å². The molecule has 0 radical (unpaired) electrons. The molecule has 2 aromatic rings. The van der Waals surface area contributed by atoms with E-state index in [1.54, 1.807) is 7.11 Å². The molecular weight excluding hydrogens is 330 g/mol. The predicted molar refractivity (Wildman–Crippen MR) is 99.6 cm³/mol. The first-order valence-electron chi connectivity index (χ1n) is 8.86. The summed E-state index contributed by atoms with van der Waals surface area (Å²) in [7, 11) is 3.48. The molecule has 1 saturated heterocycles. The number of hydrogen-bond acceptors (Lipinski definition) is 3. The zero-order valence-electron chi connectivity index (χ0n) is 15.6. The van der Waals surface area contributed by atoms with Gasteiger partial charge in [-0.3, -0.25) is 9.59 Å². The molecule has 0 aliphatic carbocycles. The Labute approximate surface area is 154 Å². The van der Waals surface area contributed by atoms with Gasteiger partial charge in [0.2, 0.25) is 0 Å². The van der Waals surface area contributed by atoms with Gasteiger partial charge in [0.25, 0.3) is 11.8 Å². The number of amides is 2. The molecule has 1 aromatic carbocycles. The van der Waals surface area contributed by atoms with E-state index in [1.807, 2.05) is 64.9 Å². The molecule has 138 valence electrons. The fourth-order valence-corrected chi connectivity index (χ4v) is 3.34. The van der Waals surface area contributed by atoms with Crippen molar-refractivity contribution in [3.63, 3.8) is 0 Å². The van der Waals surface area contributed by atoms with E-state index in [4.69, 9.17) is 4.74 Å². The van der Waals surface area contributed by atoms with E-state index < -0.39 is 0 Å². The van der Waals surface area contributed by atoms with Gasteiger partial charge in [0.15, 0.2) is 0 Å². The average Bonchev–Trinajstić information content (AvgIpc) is 2.92. The number of aromatic nitrogens is 1. The molecule has 0 unspecified atom stereocenters. The first-order chi connectivity index (χ1) is 12.5. The Balaban J connectivity index is 1.69. The van der Waals surface area contributed by atoms with Gasteiger partial charge in [0.1, 0.15) is 11.4 Å². The van der Waals surface area contributed by atoms with Crippen LogP contribution in [0.25, 0.3) is 0 Å². The smallest absolute Gasteiger partial charge is 0.270 e. The molecule has 6 heteroatoms. The van der Waals surface area contributed by atoms with Crippen LogP contribution in [0.15, 0.2) is 36.5 Å². The number of methoxy groups -OCH3 is 1. The summed E-state index contributed by atoms with van der Waals surface area (Å²) in [5.74, 6) is 0.778. The van der Waals surface area contributed by atoms with Gasteiger partial charge in [-0.2, -0.15) is 0 Å². The third-order valence-electron chi connectivity index (χ3n) is 4.90. The van der Waals surface area contributed by atoms with Crippen molar-refractivity contribution in [2.24, 2.45) is 7.05 Å². The van der Waals surface area contributed by atoms with Crippen molar-refractivity contribution in [1.29, 1.82) is 0 Å². The molecule has 1 aliphatic rings. The maximum Gasteiger partial charge on any atom is 0.270 e. The van der Waals surface area contributed by atoms with Crippen LogP contribution < -0.4 is 4.74 Å². The van der Waals surface area contributed by atoms with Gasteiger partial charge in [0, 0.05) is 45.0 Å². The van der Waals surface area contributed by atoms with E-state index in [9.17, 15) is 9.59 Å². The van der Waals surface area contributed by atoms with E-state index in [0.717, 1.165) is 17.7 Å². The van der Waals surface area contributed by atoms with Gasteiger partial charge in [-0.15, -0.1) is 0 Å². The molecule has 0 atom stereocenters. The molecule has 6 nitrogen and oxygen atoms in total. The highest BCUT2D eigenvalue weighted by Gasteiger charge is 2.25. The molecule has 0 saturated carbocycles. The number of rotatable bonds is 3. The van der Waals surface area contributed by atoms with Crippen LogP contribution in [0, 0.1) is 6.92 Å². The van der Waals surface area contributed by atoms with E-state index >= 15 is 0 Å². The lowest BCUT2D eigenvalue weighted by Gasteiger charge is -2.23. The van der Waals surface area contributed by atoms with E-state index in [2.05, 4.69) is 0 Å². The number of hydrogen-bond donors (Lipinski definition) is 0. The number of nitrogens with zero attached hydrogens (tertiary/aromatic N) is 3. The summed E-state index contributed by atoms with van der Waals surface area (Å²) in [6, 6.07) is 9.19. The molecule has 26 heavy (non-hydrogen) atoms. The molecule has 1 fully saturated rings. The lowest BCUT2D eigenvalue weighted by Crippen LogP contribution is -2.38. The zero-order valence-corrected chi connectivity index (χ0v) is 15.6. The van der Waals surface area contributed by atoms with Gasteiger partial charge >= 0.3 is 0 Å². The maximum atomic E-state index is 12.9. The molecule has 1 aliphatic heterocycles. The largest absolute Gasteiger partial charge is 0.497 e. The first-order valence-corrected chi connectivity index (χ1v) is 8.86. The lowest BCUT2D eigenvalue weighted by molar-refractivity contribution is 0.0713. The Hall–Kier alpha value is -2.76. The standard InChI is InChI=1S/C20H25N3O3/c1-15-14-16(26-3)7-8-17(15)19(24)22-10-5-11-23(13-12-22)20(25)18-6-4-9-21(18)2/h4,6-9,14H,5,10-13H2,1-3H3. The minimum atomic E-state index is 0.0123. The Bertz CT molecular complexity index is 812. The maximum absolute atomic E-state index is 12.9. The van der Waals surface area contributed by atoms with Crippen molar-refractivity contribution < 1.29 is 14.3 Å². The fourth-order valence-electron chi connectivity index (χ4n) is 3.34. The first kappa shape index (κ1) is 18.0. The lowest BCUT2D eigenvalue weighted by atomic mass is 10.1. The third-order valence-corrected chi connectivity index (χ3v) is 4.90. The number of aryl methyl sites for hydroxylation is 2. The Morgan fingerprint density at radius 1 is 1.00 bits per heavy atom. The second kappa shape index (κ2) is 7.64. The molecule has 0 N–H and O–H groups in total. The number of ether oxygens (including phenoxy) is 1. The van der Waals surface area contributed by atoms with E-state index in [-0.39, 0.29) is 11.8 Å². The van der Waals surface area contributed by atoms with Crippen molar-refractivity contribution in [2.75, 3.05) is 33.3 Å². The topological polar surface area (TPSA) is 54.8 Å². The van der Waals surface area contributed by atoms with E-state index in [1.165, 1.54) is 0 Å². The molecule has 0 spiro atoms. The number of carbonyl (C=O) groups excluding carboxylic acids is 2. The van der Waals surface area contributed by atoms with Crippen molar-refractivity contribution >= 4 is 11.8 Å². The van der Waals surface area contributed by atoms with Crippen LogP contribution >= 0.6 is 0 Å². The van der Waals surface area contributed by atoms with Crippen LogP contribution in [0.2, 0.25) is 0 Å². The van der Waals surface area contributed by atoms with Crippen LogP contribution in [0.1, 0.15) is 32.8 Å². The van der Waals surface area contributed by atoms with Crippen LogP contribution in [0.5, 0.6) is 5.75 Å². The zero-order chi connectivity index (χ0) is 18.7. The second-order valence-electron chi connectivity index (χ2n) is 6.62. The minimum Gasteiger partial charge on any atom is -0.497 e. The van der Waals surface area contributed by atoms with E-state index in [0.29, 0.717) is 37.4 Å². The summed E-state index contributed by atoms with van der Waals surface area (Å²) in [5, 5.41) is 0. The number of benzene rings is 1. The average molecular weight is 355 g/mol. The molecule has 3 rings (SSSR count). The molecule has 1 aromatic heterocycles. The highest BCUT2D eigenvalue weighted by molar-refractivity contribution is 5.96. The fraction of sp³-hybridized carbons (Fsp3) is 0.400. The van der Waals surface area contributed by atoms with Crippen LogP contribution in [-0.2, 0) is 7.05 Å². The van der Waals surface area contributed by atoms with Gasteiger partial charge in [-0.1, -0.05) is 0 Å². The summed E-state index contributed by atoms with van der Waals surface area (Å²) < 4.78 is 7.04. The van der Waals surface area contributed by atoms with Gasteiger partial charge in [-0.05, 0) is 49.2 Å². The normalized spacial score (nSPS) is 14.9. The quantitative estimate of drug-likeness (QED) is 0.849. The minimum absolute atomic E-state index is 0.0123. The summed E-state index contributed by atoms with van der Waals surface area (Å²) in [5.41, 5.74) is 2.26. The van der Waals surface area contributed by atoms with Gasteiger partial charge in [-0.25, -0.2) is 0 Å². The number of carbonyl (C=O) groups is 2. The highest BCUT2D eigenvalue weighted by Crippen LogP contribution is 2.19. The molecular formula is C20H25N3O3. The monoisotopic (exact) mass is 355 g/mol. The Morgan fingerprint density at radius 3 is 2.27 bits per heavy atom. The molecule has 0 bridgehead atoms. The summed E-state index contributed by atoms with van der Waals surface area (Å²) in [6.45, 7) is 4.32. The third kappa shape index (κ3) is 3.59. The summed E-state index contributed by atoms with van der Waals surface area (Å²) in [6.07, 6.45) is 2.64. The second-order valence-corrected chi connectivity index (χ2v) is 6.62.